The SMILES string of the molecule is CNC(=O)c1cc(C2CC2)nc2c1c(C1CCN([S+](=O)([O-])c3ccsc3)CC1)nn2C. The topological polar surface area (TPSA) is 103 Å². The number of nitrogens with zero attached hydrogens (tertiary/aromatic N) is 4. The summed E-state index contributed by atoms with van der Waals surface area (Å²) in [5, 5.41) is 11.8. The maximum atomic E-state index is 12.8. The van der Waals surface area contributed by atoms with E-state index in [0.29, 0.717) is 42.3 Å². The summed E-state index contributed by atoms with van der Waals surface area (Å²) in [4.78, 5) is 17.9. The first-order chi connectivity index (χ1) is 14.9. The lowest BCUT2D eigenvalue weighted by atomic mass is 9.91. The molecule has 2 aliphatic rings. The number of aromatic nitrogens is 3. The molecule has 1 saturated heterocycles. The van der Waals surface area contributed by atoms with Gasteiger partial charge in [-0.25, -0.2) is 4.98 Å². The molecule has 0 spiro atoms. The Morgan fingerprint density at radius 3 is 2.61 bits per heavy atom. The van der Waals surface area contributed by atoms with Crippen LogP contribution in [-0.4, -0.2) is 49.7 Å². The molecule has 0 bridgehead atoms. The van der Waals surface area contributed by atoms with Crippen LogP contribution in [0.3, 0.4) is 0 Å². The molecular weight excluding hydrogens is 434 g/mol. The summed E-state index contributed by atoms with van der Waals surface area (Å²) >= 11 is 1.38. The summed E-state index contributed by atoms with van der Waals surface area (Å²) in [6.45, 7) is 0.869. The van der Waals surface area contributed by atoms with E-state index in [-0.39, 0.29) is 11.8 Å². The number of hydrogen-bond donors (Lipinski definition) is 1. The highest BCUT2D eigenvalue weighted by atomic mass is 32.3. The van der Waals surface area contributed by atoms with Crippen LogP contribution >= 0.6 is 11.3 Å². The summed E-state index contributed by atoms with van der Waals surface area (Å²) in [6.07, 6.45) is 3.53. The molecule has 3 aromatic heterocycles. The van der Waals surface area contributed by atoms with E-state index in [2.05, 4.69) is 5.32 Å². The molecule has 2 fully saturated rings. The van der Waals surface area contributed by atoms with E-state index >= 15 is 0 Å². The molecule has 3 aromatic rings. The Kier molecular flexibility index (Phi) is 5.20. The third-order valence-electron chi connectivity index (χ3n) is 6.28. The molecule has 8 nitrogen and oxygen atoms in total. The third kappa shape index (κ3) is 3.61. The van der Waals surface area contributed by atoms with Gasteiger partial charge in [-0.3, -0.25) is 9.48 Å². The summed E-state index contributed by atoms with van der Waals surface area (Å²) in [5.41, 5.74) is 3.15. The molecule has 1 atom stereocenters. The second-order valence-corrected chi connectivity index (χ2v) is 11.0. The van der Waals surface area contributed by atoms with Crippen molar-refractivity contribution in [2.45, 2.75) is 42.4 Å². The monoisotopic (exact) mass is 459 g/mol. The van der Waals surface area contributed by atoms with Crippen LogP contribution in [-0.2, 0) is 21.7 Å². The Morgan fingerprint density at radius 1 is 1.26 bits per heavy atom. The van der Waals surface area contributed by atoms with E-state index < -0.39 is 10.4 Å². The fraction of sp³-hybridized carbons (Fsp3) is 0.476. The van der Waals surface area contributed by atoms with Crippen molar-refractivity contribution in [3.05, 3.63) is 39.8 Å². The zero-order chi connectivity index (χ0) is 21.8. The zero-order valence-corrected chi connectivity index (χ0v) is 19.2. The van der Waals surface area contributed by atoms with Crippen LogP contribution in [0.1, 0.15) is 59.3 Å². The highest BCUT2D eigenvalue weighted by molar-refractivity contribution is 7.95. The van der Waals surface area contributed by atoms with Crippen molar-refractivity contribution in [3.63, 3.8) is 0 Å². The van der Waals surface area contributed by atoms with E-state index in [1.807, 2.05) is 13.1 Å². The Balaban J connectivity index is 1.47. The molecule has 10 heteroatoms. The molecule has 4 heterocycles. The Hall–Kier alpha value is -2.14. The van der Waals surface area contributed by atoms with Gasteiger partial charge in [0, 0.05) is 56.2 Å². The van der Waals surface area contributed by atoms with Crippen molar-refractivity contribution in [2.75, 3.05) is 20.1 Å². The standard InChI is InChI=1S/C21H25N5O3S2/c1-22-21(27)16-11-17(13-3-4-13)23-20-18(16)19(24-25(20)2)14-5-8-26(9-6-14)31(28,29)15-7-10-30-12-15/h7,10-14H,3-6,8-9H2,1-2H3,(H-,22,27,28,29). The van der Waals surface area contributed by atoms with Gasteiger partial charge >= 0.3 is 0 Å². The molecule has 1 N–H and O–H groups in total. The highest BCUT2D eigenvalue weighted by Crippen LogP contribution is 2.42. The fourth-order valence-electron chi connectivity index (χ4n) is 4.40. The minimum absolute atomic E-state index is 0.0783. The summed E-state index contributed by atoms with van der Waals surface area (Å²) < 4.78 is 29.0. The van der Waals surface area contributed by atoms with Gasteiger partial charge in [0.15, 0.2) is 20.9 Å². The quantitative estimate of drug-likeness (QED) is 0.591. The van der Waals surface area contributed by atoms with E-state index in [1.54, 1.807) is 32.9 Å². The van der Waals surface area contributed by atoms with E-state index in [9.17, 15) is 13.6 Å². The van der Waals surface area contributed by atoms with E-state index in [0.717, 1.165) is 35.3 Å². The molecule has 1 aliphatic heterocycles. The maximum Gasteiger partial charge on any atom is 0.251 e. The maximum absolute atomic E-state index is 12.8. The van der Waals surface area contributed by atoms with Gasteiger partial charge in [0.05, 0.1) is 16.6 Å². The van der Waals surface area contributed by atoms with E-state index in [1.165, 1.54) is 11.3 Å². The molecule has 1 amide bonds. The smallest absolute Gasteiger partial charge is 0.251 e. The van der Waals surface area contributed by atoms with Gasteiger partial charge in [0.1, 0.15) is 0 Å². The first kappa shape index (κ1) is 20.7. The number of amides is 1. The molecular formula is C21H25N5O3S2. The second-order valence-electron chi connectivity index (χ2n) is 8.29. The summed E-state index contributed by atoms with van der Waals surface area (Å²) in [7, 11) is 0.0409. The van der Waals surface area contributed by atoms with Gasteiger partial charge in [-0.1, -0.05) is 4.21 Å². The predicted molar refractivity (Wildman–Crippen MR) is 119 cm³/mol. The molecule has 5 rings (SSSR count). The molecule has 1 saturated carbocycles. The van der Waals surface area contributed by atoms with Crippen LogP contribution < -0.4 is 5.32 Å². The van der Waals surface area contributed by atoms with Crippen LogP contribution in [0.5, 0.6) is 0 Å². The average molecular weight is 460 g/mol. The van der Waals surface area contributed by atoms with Crippen molar-refractivity contribution in [1.29, 1.82) is 0 Å². The van der Waals surface area contributed by atoms with Crippen LogP contribution in [0.4, 0.5) is 0 Å². The first-order valence-corrected chi connectivity index (χ1v) is 12.9. The van der Waals surface area contributed by atoms with Crippen LogP contribution in [0, 0.1) is 0 Å². The lowest BCUT2D eigenvalue weighted by molar-refractivity contribution is 0.0964. The number of rotatable bonds is 5. The molecule has 164 valence electrons. The molecule has 0 aromatic carbocycles. The Labute approximate surface area is 186 Å². The largest absolute Gasteiger partial charge is 0.593 e. The van der Waals surface area contributed by atoms with Gasteiger partial charge in [0.25, 0.3) is 5.91 Å². The normalized spacial score (nSPS) is 20.1. The first-order valence-electron chi connectivity index (χ1n) is 10.5. The number of piperidine rings is 1. The predicted octanol–water partition coefficient (Wildman–Crippen LogP) is 3.05. The number of nitrogens with one attached hydrogen (secondary N) is 1. The van der Waals surface area contributed by atoms with Crippen LogP contribution in [0.2, 0.25) is 0 Å². The van der Waals surface area contributed by atoms with Crippen LogP contribution in [0.15, 0.2) is 27.8 Å². The Morgan fingerprint density at radius 2 is 2.00 bits per heavy atom. The molecule has 0 radical (unpaired) electrons. The van der Waals surface area contributed by atoms with Crippen molar-refractivity contribution in [3.8, 4) is 0 Å². The fourth-order valence-corrected chi connectivity index (χ4v) is 6.89. The Bertz CT molecular complexity index is 1180. The number of carbonyl (C=O) groups excluding carboxylic acids is 1. The summed E-state index contributed by atoms with van der Waals surface area (Å²) in [6, 6.07) is 3.57. The minimum Gasteiger partial charge on any atom is -0.593 e. The van der Waals surface area contributed by atoms with Crippen LogP contribution in [0.25, 0.3) is 11.0 Å². The van der Waals surface area contributed by atoms with Crippen molar-refractivity contribution in [1.82, 2.24) is 24.4 Å². The van der Waals surface area contributed by atoms with Gasteiger partial charge in [-0.2, -0.15) is 5.10 Å². The number of carbonyl (C=O) groups is 1. The second kappa shape index (κ2) is 7.77. The number of hydrogen-bond acceptors (Lipinski definition) is 6. The van der Waals surface area contributed by atoms with Gasteiger partial charge in [-0.15, -0.1) is 15.6 Å². The molecule has 1 aliphatic carbocycles. The minimum atomic E-state index is -3.45. The number of thiophene rings is 1. The zero-order valence-electron chi connectivity index (χ0n) is 17.5. The molecule has 31 heavy (non-hydrogen) atoms. The van der Waals surface area contributed by atoms with Gasteiger partial charge < -0.3 is 9.87 Å². The highest BCUT2D eigenvalue weighted by Gasteiger charge is 2.37. The van der Waals surface area contributed by atoms with Crippen molar-refractivity contribution >= 4 is 38.7 Å². The molecule has 1 unspecified atom stereocenters. The summed E-state index contributed by atoms with van der Waals surface area (Å²) in [5.74, 6) is 0.368. The lowest BCUT2D eigenvalue weighted by Crippen LogP contribution is -2.41. The van der Waals surface area contributed by atoms with Gasteiger partial charge in [-0.05, 0) is 37.1 Å². The number of pyridine rings is 1. The third-order valence-corrected chi connectivity index (χ3v) is 9.01. The lowest BCUT2D eigenvalue weighted by Gasteiger charge is -2.32. The van der Waals surface area contributed by atoms with E-state index in [4.69, 9.17) is 10.1 Å². The number of sulfonamides is 1. The van der Waals surface area contributed by atoms with Crippen molar-refractivity contribution < 1.29 is 13.6 Å². The van der Waals surface area contributed by atoms with Gasteiger partial charge in [0.2, 0.25) is 0 Å². The number of aryl methyl sites for hydroxylation is 1. The number of fused-ring (bicyclic) bond motifs is 1. The average Bonchev–Trinajstić information content (AvgIpc) is 3.37. The van der Waals surface area contributed by atoms with Crippen molar-refractivity contribution in [2.24, 2.45) is 7.05 Å².